The van der Waals surface area contributed by atoms with Crippen LogP contribution in [-0.2, 0) is 32.8 Å². The maximum absolute atomic E-state index is 3.20. The van der Waals surface area contributed by atoms with Crippen LogP contribution in [-0.4, -0.2) is 8.07 Å². The van der Waals surface area contributed by atoms with E-state index in [1.165, 1.54) is 44.5 Å². The Balaban J connectivity index is 1.57. The van der Waals surface area contributed by atoms with Gasteiger partial charge < -0.3 is 0 Å². The molecule has 0 N–H and O–H groups in total. The SMILES string of the molecule is CCc1ccccc1-c1cccc2c1C=C1[CH]2[Hf]([CH3])([CH3])[CH]2C(=Cc3c(-c4ccccc4CC)cccc32)[Si]1(C(C)(C)C)C(C)(C)C. The quantitative estimate of drug-likeness (QED) is 0.181. The van der Waals surface area contributed by atoms with Gasteiger partial charge in [-0.15, -0.1) is 0 Å². The van der Waals surface area contributed by atoms with Crippen LogP contribution in [0.5, 0.6) is 0 Å². The number of benzene rings is 4. The monoisotopic (exact) mass is 788 g/mol. The maximum atomic E-state index is 2.82. The summed E-state index contributed by atoms with van der Waals surface area (Å²) in [6, 6.07) is 32.9. The van der Waals surface area contributed by atoms with Gasteiger partial charge in [0.25, 0.3) is 0 Å². The van der Waals surface area contributed by atoms with Gasteiger partial charge in [0.15, 0.2) is 0 Å². The third-order valence-corrected chi connectivity index (χ3v) is 36.4. The topological polar surface area (TPSA) is 0 Å². The van der Waals surface area contributed by atoms with Crippen molar-refractivity contribution >= 4 is 20.2 Å². The van der Waals surface area contributed by atoms with E-state index in [-0.39, 0.29) is 10.1 Å². The molecule has 0 amide bonds. The predicted octanol–water partition coefficient (Wildman–Crippen LogP) is 13.1. The second kappa shape index (κ2) is 11.0. The van der Waals surface area contributed by atoms with E-state index in [0.29, 0.717) is 7.35 Å². The third-order valence-electron chi connectivity index (χ3n) is 12.1. The van der Waals surface area contributed by atoms with E-state index in [1.807, 2.05) is 10.4 Å². The Morgan fingerprint density at radius 1 is 0.522 bits per heavy atom. The standard InChI is InChI=1S/C42H46Si.2CH3.Hf/c1-9-29-17-11-13-21-35(29)37-23-15-19-31-25-33(27-39(31)37)43(41(3,4)5,42(6,7)8)34-26-32-20-16-24-38(40(32)28-34)36-22-14-12-18-30(36)10-2;;;/h11-28H,9-10H2,1-8H3;2*1H3;. The van der Waals surface area contributed by atoms with Crippen molar-refractivity contribution in [3.05, 3.63) is 129 Å². The fraction of sp³-hybridized carbons (Fsp3) is 0.364. The molecule has 2 unspecified atom stereocenters. The van der Waals surface area contributed by atoms with Gasteiger partial charge in [0.1, 0.15) is 0 Å². The molecule has 1 fully saturated rings. The molecule has 0 nitrogen and oxygen atoms in total. The van der Waals surface area contributed by atoms with E-state index in [2.05, 4.69) is 162 Å². The van der Waals surface area contributed by atoms with Crippen LogP contribution in [0, 0.1) is 0 Å². The van der Waals surface area contributed by atoms with Crippen molar-refractivity contribution in [3.63, 3.8) is 0 Å². The summed E-state index contributed by atoms with van der Waals surface area (Å²) in [7, 11) is -2.34. The summed E-state index contributed by atoms with van der Waals surface area (Å²) in [6.07, 6.45) is 7.70. The van der Waals surface area contributed by atoms with Crippen molar-refractivity contribution in [1.82, 2.24) is 0 Å². The zero-order valence-electron chi connectivity index (χ0n) is 29.8. The molecule has 1 saturated heterocycles. The minimum absolute atomic E-state index is 0.164. The van der Waals surface area contributed by atoms with Crippen LogP contribution in [0.2, 0.25) is 19.4 Å². The van der Waals surface area contributed by atoms with Crippen LogP contribution in [0.4, 0.5) is 0 Å². The number of hydrogen-bond donors (Lipinski definition) is 0. The average Bonchev–Trinajstić information content (AvgIpc) is 3.60. The first kappa shape index (κ1) is 32.0. The van der Waals surface area contributed by atoms with Gasteiger partial charge in [0.05, 0.1) is 0 Å². The average molecular weight is 787 g/mol. The normalized spacial score (nSPS) is 20.7. The molecule has 2 atom stereocenters. The molecule has 4 aromatic rings. The molecule has 0 radical (unpaired) electrons. The number of aryl methyl sites for hydroxylation is 2. The Kier molecular flexibility index (Phi) is 7.65. The third kappa shape index (κ3) is 4.31. The summed E-state index contributed by atoms with van der Waals surface area (Å²) in [4.78, 5) is 0. The molecule has 7 rings (SSSR count). The Morgan fingerprint density at radius 2 is 0.891 bits per heavy atom. The minimum atomic E-state index is -3.20. The van der Waals surface area contributed by atoms with E-state index in [9.17, 15) is 0 Å². The summed E-state index contributed by atoms with van der Waals surface area (Å²) in [5, 5.41) is 4.05. The van der Waals surface area contributed by atoms with Gasteiger partial charge in [-0.1, -0.05) is 0 Å². The Labute approximate surface area is 284 Å². The first-order chi connectivity index (χ1) is 21.8. The molecule has 0 saturated carbocycles. The molecule has 236 valence electrons. The second-order valence-electron chi connectivity index (χ2n) is 16.8. The molecular formula is C44H52HfSi. The summed E-state index contributed by atoms with van der Waals surface area (Å²) in [6.45, 7) is 20.2. The summed E-state index contributed by atoms with van der Waals surface area (Å²) in [5.74, 6) is 0. The molecule has 4 aromatic carbocycles. The van der Waals surface area contributed by atoms with Gasteiger partial charge in [0.2, 0.25) is 0 Å². The van der Waals surface area contributed by atoms with Crippen molar-refractivity contribution < 1.29 is 20.0 Å². The molecule has 2 aliphatic carbocycles. The molecular weight excluding hydrogens is 735 g/mol. The molecule has 3 aliphatic rings. The molecule has 1 heterocycles. The van der Waals surface area contributed by atoms with E-state index in [1.54, 1.807) is 11.1 Å². The number of fused-ring (bicyclic) bond motifs is 6. The van der Waals surface area contributed by atoms with E-state index in [0.717, 1.165) is 12.8 Å². The molecule has 0 spiro atoms. The van der Waals surface area contributed by atoms with Gasteiger partial charge in [-0.05, 0) is 0 Å². The van der Waals surface area contributed by atoms with E-state index >= 15 is 0 Å². The van der Waals surface area contributed by atoms with E-state index in [4.69, 9.17) is 0 Å². The van der Waals surface area contributed by atoms with Crippen molar-refractivity contribution in [1.29, 1.82) is 0 Å². The fourth-order valence-corrected chi connectivity index (χ4v) is 44.7. The van der Waals surface area contributed by atoms with Crippen LogP contribution in [0.15, 0.2) is 95.3 Å². The van der Waals surface area contributed by atoms with Gasteiger partial charge in [-0.25, -0.2) is 0 Å². The first-order valence-electron chi connectivity index (χ1n) is 17.7. The summed E-state index contributed by atoms with van der Waals surface area (Å²) in [5.41, 5.74) is 15.0. The molecule has 1 aliphatic heterocycles. The molecule has 0 bridgehead atoms. The van der Waals surface area contributed by atoms with Crippen molar-refractivity contribution in [2.75, 3.05) is 0 Å². The Morgan fingerprint density at radius 3 is 1.26 bits per heavy atom. The number of allylic oxidation sites excluding steroid dienone is 2. The predicted molar refractivity (Wildman–Crippen MR) is 201 cm³/mol. The van der Waals surface area contributed by atoms with Crippen LogP contribution in [0.25, 0.3) is 34.4 Å². The zero-order chi connectivity index (χ0) is 32.8. The number of rotatable bonds is 4. The van der Waals surface area contributed by atoms with Crippen LogP contribution < -0.4 is 0 Å². The van der Waals surface area contributed by atoms with Gasteiger partial charge >= 0.3 is 286 Å². The molecule has 2 heteroatoms. The molecule has 0 aromatic heterocycles. The van der Waals surface area contributed by atoms with Gasteiger partial charge in [-0.3, -0.25) is 0 Å². The second-order valence-corrected chi connectivity index (χ2v) is 39.7. The summed E-state index contributed by atoms with van der Waals surface area (Å²) < 4.78 is 6.86. The summed E-state index contributed by atoms with van der Waals surface area (Å²) >= 11 is -3.20. The van der Waals surface area contributed by atoms with Crippen LogP contribution >= 0.6 is 0 Å². The number of hydrogen-bond acceptors (Lipinski definition) is 0. The van der Waals surface area contributed by atoms with Crippen molar-refractivity contribution in [2.24, 2.45) is 0 Å². The molecule has 46 heavy (non-hydrogen) atoms. The first-order valence-corrected chi connectivity index (χ1v) is 31.0. The van der Waals surface area contributed by atoms with Crippen LogP contribution in [0.1, 0.15) is 96.1 Å². The van der Waals surface area contributed by atoms with Crippen LogP contribution in [0.3, 0.4) is 0 Å². The van der Waals surface area contributed by atoms with Crippen molar-refractivity contribution in [2.45, 2.75) is 95.0 Å². The van der Waals surface area contributed by atoms with E-state index < -0.39 is 28.0 Å². The Bertz CT molecular complexity index is 1780. The van der Waals surface area contributed by atoms with Gasteiger partial charge in [0, 0.05) is 0 Å². The Hall–Kier alpha value is -2.55. The fourth-order valence-electron chi connectivity index (χ4n) is 10.9. The zero-order valence-corrected chi connectivity index (χ0v) is 34.4. The van der Waals surface area contributed by atoms with Gasteiger partial charge in [-0.2, -0.15) is 0 Å². The van der Waals surface area contributed by atoms with Crippen molar-refractivity contribution in [3.8, 4) is 22.3 Å².